The molecular weight excluding hydrogens is 330 g/mol. The summed E-state index contributed by atoms with van der Waals surface area (Å²) in [5, 5.41) is 5.93. The molecule has 0 aliphatic rings. The summed E-state index contributed by atoms with van der Waals surface area (Å²) in [4.78, 5) is 17.5. The van der Waals surface area contributed by atoms with E-state index in [-0.39, 0.29) is 24.7 Å². The number of ether oxygens (including phenoxy) is 1. The van der Waals surface area contributed by atoms with Crippen LogP contribution >= 0.6 is 0 Å². The number of halogens is 2. The predicted molar refractivity (Wildman–Crippen MR) is 93.7 cm³/mol. The largest absolute Gasteiger partial charge is 0.434 e. The number of nitrogens with zero attached hydrogens (tertiary/aromatic N) is 2. The van der Waals surface area contributed by atoms with E-state index in [1.165, 1.54) is 11.0 Å². The molecule has 0 fully saturated rings. The number of rotatable bonds is 8. The van der Waals surface area contributed by atoms with Crippen molar-refractivity contribution in [1.29, 1.82) is 0 Å². The first-order chi connectivity index (χ1) is 11.8. The Bertz CT molecular complexity index is 618. The Morgan fingerprint density at radius 3 is 2.52 bits per heavy atom. The van der Waals surface area contributed by atoms with Crippen molar-refractivity contribution in [3.05, 3.63) is 42.0 Å². The monoisotopic (exact) mass is 354 g/mol. The number of hydrogen-bond acceptors (Lipinski definition) is 3. The third-order valence-electron chi connectivity index (χ3n) is 3.06. The molecule has 1 aromatic rings. The highest BCUT2D eigenvalue weighted by atomic mass is 19.3. The van der Waals surface area contributed by atoms with Gasteiger partial charge in [-0.1, -0.05) is 30.4 Å². The lowest BCUT2D eigenvalue weighted by atomic mass is 10.2. The van der Waals surface area contributed by atoms with Gasteiger partial charge in [-0.3, -0.25) is 4.79 Å². The van der Waals surface area contributed by atoms with Crippen LogP contribution in [0, 0.1) is 0 Å². The summed E-state index contributed by atoms with van der Waals surface area (Å²) in [5.74, 6) is 0.334. The molecule has 0 radical (unpaired) electrons. The molecular formula is C17H24F2N4O2. The summed E-state index contributed by atoms with van der Waals surface area (Å²) < 4.78 is 29.4. The topological polar surface area (TPSA) is 66.0 Å². The van der Waals surface area contributed by atoms with Crippen molar-refractivity contribution >= 4 is 11.9 Å². The van der Waals surface area contributed by atoms with E-state index >= 15 is 0 Å². The Hall–Kier alpha value is -2.64. The number of para-hydroxylation sites is 1. The van der Waals surface area contributed by atoms with Crippen LogP contribution in [0.25, 0.3) is 0 Å². The van der Waals surface area contributed by atoms with Crippen LogP contribution in [0.3, 0.4) is 0 Å². The zero-order chi connectivity index (χ0) is 18.8. The number of carbonyl (C=O) groups excluding carboxylic acids is 1. The van der Waals surface area contributed by atoms with E-state index in [1.807, 2.05) is 6.92 Å². The molecule has 0 aromatic heterocycles. The van der Waals surface area contributed by atoms with E-state index in [4.69, 9.17) is 0 Å². The first-order valence-electron chi connectivity index (χ1n) is 7.69. The van der Waals surface area contributed by atoms with Crippen molar-refractivity contribution < 1.29 is 18.3 Å². The summed E-state index contributed by atoms with van der Waals surface area (Å²) >= 11 is 0. The number of hydrogen-bond donors (Lipinski definition) is 2. The van der Waals surface area contributed by atoms with Crippen LogP contribution in [-0.2, 0) is 11.3 Å². The SMILES string of the molecule is C=C(C)CNC(=NCc1ccccc1OC(F)F)NCC(=O)N(C)C. The third-order valence-corrected chi connectivity index (χ3v) is 3.06. The van der Waals surface area contributed by atoms with Crippen molar-refractivity contribution in [3.8, 4) is 5.75 Å². The van der Waals surface area contributed by atoms with Gasteiger partial charge in [-0.25, -0.2) is 4.99 Å². The second kappa shape index (κ2) is 10.3. The molecule has 0 saturated carbocycles. The molecule has 6 nitrogen and oxygen atoms in total. The van der Waals surface area contributed by atoms with Gasteiger partial charge in [-0.15, -0.1) is 0 Å². The van der Waals surface area contributed by atoms with E-state index in [1.54, 1.807) is 32.3 Å². The number of benzene rings is 1. The quantitative estimate of drug-likeness (QED) is 0.426. The van der Waals surface area contributed by atoms with Crippen molar-refractivity contribution in [1.82, 2.24) is 15.5 Å². The minimum atomic E-state index is -2.90. The highest BCUT2D eigenvalue weighted by Crippen LogP contribution is 2.20. The lowest BCUT2D eigenvalue weighted by molar-refractivity contribution is -0.127. The molecule has 25 heavy (non-hydrogen) atoms. The standard InChI is InChI=1S/C17H24F2N4O2/c1-12(2)9-20-17(22-11-15(24)23(3)4)21-10-13-7-5-6-8-14(13)25-16(18)19/h5-8,16H,1,9-11H2,2-4H3,(H2,20,21,22). The van der Waals surface area contributed by atoms with Crippen molar-refractivity contribution in [2.75, 3.05) is 27.2 Å². The van der Waals surface area contributed by atoms with E-state index in [0.717, 1.165) is 5.57 Å². The van der Waals surface area contributed by atoms with Gasteiger partial charge in [0.05, 0.1) is 13.1 Å². The molecule has 2 N–H and O–H groups in total. The maximum Gasteiger partial charge on any atom is 0.387 e. The van der Waals surface area contributed by atoms with Crippen LogP contribution in [0.1, 0.15) is 12.5 Å². The Morgan fingerprint density at radius 1 is 1.28 bits per heavy atom. The number of alkyl halides is 2. The summed E-state index contributed by atoms with van der Waals surface area (Å²) in [6, 6.07) is 6.44. The van der Waals surface area contributed by atoms with Crippen LogP contribution in [0.15, 0.2) is 41.4 Å². The van der Waals surface area contributed by atoms with Gasteiger partial charge in [-0.2, -0.15) is 8.78 Å². The molecule has 8 heteroatoms. The average molecular weight is 354 g/mol. The molecule has 0 saturated heterocycles. The minimum Gasteiger partial charge on any atom is -0.434 e. The number of amides is 1. The Balaban J connectivity index is 2.83. The summed E-state index contributed by atoms with van der Waals surface area (Å²) in [5.41, 5.74) is 1.40. The van der Waals surface area contributed by atoms with Crippen LogP contribution in [0.2, 0.25) is 0 Å². The van der Waals surface area contributed by atoms with Gasteiger partial charge in [0.1, 0.15) is 5.75 Å². The molecule has 1 rings (SSSR count). The van der Waals surface area contributed by atoms with Gasteiger partial charge in [0.2, 0.25) is 5.91 Å². The molecule has 1 amide bonds. The molecule has 0 atom stereocenters. The molecule has 138 valence electrons. The molecule has 0 unspecified atom stereocenters. The smallest absolute Gasteiger partial charge is 0.387 e. The van der Waals surface area contributed by atoms with E-state index in [9.17, 15) is 13.6 Å². The molecule has 0 spiro atoms. The van der Waals surface area contributed by atoms with Gasteiger partial charge in [0.15, 0.2) is 5.96 Å². The molecule has 0 bridgehead atoms. The first kappa shape index (κ1) is 20.4. The Kier molecular flexibility index (Phi) is 8.38. The minimum absolute atomic E-state index is 0.0597. The fraction of sp³-hybridized carbons (Fsp3) is 0.412. The number of nitrogens with one attached hydrogen (secondary N) is 2. The highest BCUT2D eigenvalue weighted by Gasteiger charge is 2.10. The van der Waals surface area contributed by atoms with Gasteiger partial charge < -0.3 is 20.3 Å². The second-order valence-electron chi connectivity index (χ2n) is 5.60. The fourth-order valence-corrected chi connectivity index (χ4v) is 1.74. The maximum atomic E-state index is 12.5. The summed E-state index contributed by atoms with van der Waals surface area (Å²) in [6.45, 7) is 3.38. The molecule has 1 aromatic carbocycles. The molecule has 0 heterocycles. The fourth-order valence-electron chi connectivity index (χ4n) is 1.74. The lowest BCUT2D eigenvalue weighted by Crippen LogP contribution is -2.43. The van der Waals surface area contributed by atoms with Gasteiger partial charge in [0, 0.05) is 26.2 Å². The van der Waals surface area contributed by atoms with Gasteiger partial charge in [-0.05, 0) is 13.0 Å². The first-order valence-corrected chi connectivity index (χ1v) is 7.69. The van der Waals surface area contributed by atoms with Crippen LogP contribution in [-0.4, -0.2) is 50.6 Å². The summed E-state index contributed by atoms with van der Waals surface area (Å²) in [7, 11) is 3.31. The van der Waals surface area contributed by atoms with E-state index in [2.05, 4.69) is 26.9 Å². The van der Waals surface area contributed by atoms with E-state index < -0.39 is 6.61 Å². The zero-order valence-electron chi connectivity index (χ0n) is 14.7. The predicted octanol–water partition coefficient (Wildman–Crippen LogP) is 1.99. The van der Waals surface area contributed by atoms with Crippen LogP contribution < -0.4 is 15.4 Å². The normalized spacial score (nSPS) is 11.2. The third kappa shape index (κ3) is 8.14. The number of likely N-dealkylation sites (N-methyl/N-ethyl adjacent to an activating group) is 1. The van der Waals surface area contributed by atoms with Gasteiger partial charge >= 0.3 is 6.61 Å². The lowest BCUT2D eigenvalue weighted by Gasteiger charge is -2.15. The Labute approximate surface area is 146 Å². The zero-order valence-corrected chi connectivity index (χ0v) is 14.7. The Morgan fingerprint density at radius 2 is 1.92 bits per heavy atom. The van der Waals surface area contributed by atoms with Crippen molar-refractivity contribution in [2.45, 2.75) is 20.1 Å². The van der Waals surface area contributed by atoms with E-state index in [0.29, 0.717) is 18.1 Å². The highest BCUT2D eigenvalue weighted by molar-refractivity contribution is 5.86. The number of guanidine groups is 1. The molecule has 0 aliphatic heterocycles. The van der Waals surface area contributed by atoms with Crippen LogP contribution in [0.5, 0.6) is 5.75 Å². The second-order valence-corrected chi connectivity index (χ2v) is 5.60. The molecule has 0 aliphatic carbocycles. The van der Waals surface area contributed by atoms with Gasteiger partial charge in [0.25, 0.3) is 0 Å². The van der Waals surface area contributed by atoms with Crippen molar-refractivity contribution in [2.24, 2.45) is 4.99 Å². The average Bonchev–Trinajstić information content (AvgIpc) is 2.54. The van der Waals surface area contributed by atoms with Crippen molar-refractivity contribution in [3.63, 3.8) is 0 Å². The maximum absolute atomic E-state index is 12.5. The summed E-state index contributed by atoms with van der Waals surface area (Å²) in [6.07, 6.45) is 0. The van der Waals surface area contributed by atoms with Crippen LogP contribution in [0.4, 0.5) is 8.78 Å². The number of aliphatic imine (C=N–C) groups is 1. The number of carbonyl (C=O) groups is 1.